The molecule has 1 aliphatic carbocycles. The maximum atomic E-state index is 11.9. The van der Waals surface area contributed by atoms with Crippen molar-refractivity contribution in [3.63, 3.8) is 0 Å². The van der Waals surface area contributed by atoms with Crippen LogP contribution in [0, 0.1) is 18.3 Å². The number of hydrogen-bond acceptors (Lipinski definition) is 3. The summed E-state index contributed by atoms with van der Waals surface area (Å²) in [5, 5.41) is 4.95. The lowest BCUT2D eigenvalue weighted by atomic mass is 9.96. The number of terminal acetylenes is 1. The van der Waals surface area contributed by atoms with Crippen LogP contribution in [0.15, 0.2) is 11.4 Å². The fourth-order valence-corrected chi connectivity index (χ4v) is 3.84. The molecule has 2 heterocycles. The smallest absolute Gasteiger partial charge is 0.234 e. The van der Waals surface area contributed by atoms with Crippen molar-refractivity contribution in [2.24, 2.45) is 5.92 Å². The van der Waals surface area contributed by atoms with Gasteiger partial charge in [0.2, 0.25) is 5.91 Å². The van der Waals surface area contributed by atoms with E-state index in [9.17, 15) is 4.79 Å². The van der Waals surface area contributed by atoms with E-state index in [0.717, 1.165) is 18.9 Å². The highest BCUT2D eigenvalue weighted by Gasteiger charge is 2.40. The van der Waals surface area contributed by atoms with Gasteiger partial charge >= 0.3 is 0 Å². The number of carbonyl (C=O) groups excluding carboxylic acids is 1. The van der Waals surface area contributed by atoms with Crippen molar-refractivity contribution in [1.29, 1.82) is 0 Å². The van der Waals surface area contributed by atoms with Crippen LogP contribution in [0.3, 0.4) is 0 Å². The van der Waals surface area contributed by atoms with Gasteiger partial charge in [0.1, 0.15) is 0 Å². The highest BCUT2D eigenvalue weighted by atomic mass is 32.1. The van der Waals surface area contributed by atoms with Gasteiger partial charge in [0.25, 0.3) is 0 Å². The lowest BCUT2D eigenvalue weighted by Crippen LogP contribution is -2.43. The molecule has 1 atom stereocenters. The molecule has 0 saturated heterocycles. The van der Waals surface area contributed by atoms with Crippen molar-refractivity contribution >= 4 is 17.2 Å². The molecule has 0 aromatic carbocycles. The molecule has 3 nitrogen and oxygen atoms in total. The van der Waals surface area contributed by atoms with Gasteiger partial charge in [0.15, 0.2) is 0 Å². The molecular weight excluding hydrogens is 256 g/mol. The molecule has 0 spiro atoms. The Bertz CT molecular complexity index is 512. The van der Waals surface area contributed by atoms with Crippen LogP contribution in [-0.2, 0) is 11.2 Å². The molecule has 100 valence electrons. The number of carbonyl (C=O) groups is 1. The van der Waals surface area contributed by atoms with Crippen LogP contribution in [0.2, 0.25) is 0 Å². The zero-order chi connectivity index (χ0) is 13.2. The summed E-state index contributed by atoms with van der Waals surface area (Å²) in [4.78, 5) is 15.7. The third-order valence-corrected chi connectivity index (χ3v) is 4.92. The second kappa shape index (κ2) is 5.36. The number of amides is 1. The lowest BCUT2D eigenvalue weighted by molar-refractivity contribution is -0.122. The van der Waals surface area contributed by atoms with Crippen molar-refractivity contribution in [3.05, 3.63) is 21.9 Å². The molecule has 19 heavy (non-hydrogen) atoms. The third kappa shape index (κ3) is 2.68. The van der Waals surface area contributed by atoms with E-state index in [2.05, 4.69) is 27.6 Å². The highest BCUT2D eigenvalue weighted by Crippen LogP contribution is 2.48. The predicted octanol–water partition coefficient (Wildman–Crippen LogP) is 1.81. The van der Waals surface area contributed by atoms with Crippen LogP contribution >= 0.6 is 11.3 Å². The van der Waals surface area contributed by atoms with Gasteiger partial charge in [-0.2, -0.15) is 0 Å². The van der Waals surface area contributed by atoms with Crippen molar-refractivity contribution in [3.8, 4) is 12.3 Å². The standard InChI is InChI=1S/C15H18N2OS/c1-2-7-16-14(18)10-17-8-5-13-12(6-9-19-13)15(17)11-3-4-11/h1,6,9,11,15H,3-5,7-8,10H2,(H,16,18)/t15-/m1/s1. The fourth-order valence-electron chi connectivity index (χ4n) is 2.93. The molecule has 1 aromatic rings. The van der Waals surface area contributed by atoms with Crippen LogP contribution in [0.5, 0.6) is 0 Å². The quantitative estimate of drug-likeness (QED) is 0.849. The van der Waals surface area contributed by atoms with Gasteiger partial charge in [-0.25, -0.2) is 0 Å². The first-order valence-corrected chi connectivity index (χ1v) is 7.68. The number of fused-ring (bicyclic) bond motifs is 1. The fraction of sp³-hybridized carbons (Fsp3) is 0.533. The molecule has 0 radical (unpaired) electrons. The Balaban J connectivity index is 1.71. The van der Waals surface area contributed by atoms with Gasteiger partial charge in [-0.1, -0.05) is 5.92 Å². The second-order valence-corrected chi connectivity index (χ2v) is 6.28. The highest BCUT2D eigenvalue weighted by molar-refractivity contribution is 7.10. The van der Waals surface area contributed by atoms with E-state index in [0.29, 0.717) is 19.1 Å². The molecule has 2 aliphatic rings. The molecule has 1 aromatic heterocycles. The normalized spacial score (nSPS) is 22.6. The zero-order valence-corrected chi connectivity index (χ0v) is 11.7. The molecule has 1 aliphatic heterocycles. The summed E-state index contributed by atoms with van der Waals surface area (Å²) in [5.74, 6) is 3.23. The van der Waals surface area contributed by atoms with E-state index < -0.39 is 0 Å². The first-order valence-electron chi connectivity index (χ1n) is 6.80. The van der Waals surface area contributed by atoms with Gasteiger partial charge in [0, 0.05) is 17.5 Å². The van der Waals surface area contributed by atoms with E-state index in [1.807, 2.05) is 11.3 Å². The Kier molecular flexibility index (Phi) is 3.58. The molecular formula is C15H18N2OS. The van der Waals surface area contributed by atoms with Crippen molar-refractivity contribution in [1.82, 2.24) is 10.2 Å². The maximum absolute atomic E-state index is 11.9. The summed E-state index contributed by atoms with van der Waals surface area (Å²) in [7, 11) is 0. The molecule has 4 heteroatoms. The summed E-state index contributed by atoms with van der Waals surface area (Å²) in [6, 6.07) is 2.70. The summed E-state index contributed by atoms with van der Waals surface area (Å²) in [5.41, 5.74) is 1.46. The van der Waals surface area contributed by atoms with E-state index in [1.165, 1.54) is 23.3 Å². The SMILES string of the molecule is C#CCNC(=O)CN1CCc2sccc2[C@H]1C1CC1. The van der Waals surface area contributed by atoms with Crippen molar-refractivity contribution in [2.75, 3.05) is 19.6 Å². The number of hydrogen-bond donors (Lipinski definition) is 1. The van der Waals surface area contributed by atoms with Crippen LogP contribution in [0.1, 0.15) is 29.3 Å². The van der Waals surface area contributed by atoms with Gasteiger partial charge in [-0.3, -0.25) is 9.69 Å². The minimum absolute atomic E-state index is 0.0438. The van der Waals surface area contributed by atoms with Gasteiger partial charge in [-0.05, 0) is 42.2 Å². The minimum Gasteiger partial charge on any atom is -0.344 e. The Morgan fingerprint density at radius 2 is 2.42 bits per heavy atom. The number of nitrogens with zero attached hydrogens (tertiary/aromatic N) is 1. The summed E-state index contributed by atoms with van der Waals surface area (Å²) >= 11 is 1.86. The maximum Gasteiger partial charge on any atom is 0.234 e. The zero-order valence-electron chi connectivity index (χ0n) is 10.9. The Hall–Kier alpha value is -1.31. The number of rotatable bonds is 4. The van der Waals surface area contributed by atoms with Crippen molar-refractivity contribution < 1.29 is 4.79 Å². The van der Waals surface area contributed by atoms with Gasteiger partial charge < -0.3 is 5.32 Å². The third-order valence-electron chi connectivity index (χ3n) is 3.92. The predicted molar refractivity (Wildman–Crippen MR) is 76.9 cm³/mol. The summed E-state index contributed by atoms with van der Waals surface area (Å²) in [6.45, 7) is 1.78. The summed E-state index contributed by atoms with van der Waals surface area (Å²) < 4.78 is 0. The molecule has 3 rings (SSSR count). The Morgan fingerprint density at radius 3 is 3.16 bits per heavy atom. The lowest BCUT2D eigenvalue weighted by Gasteiger charge is -2.35. The number of nitrogens with one attached hydrogen (secondary N) is 1. The van der Waals surface area contributed by atoms with Crippen LogP contribution in [0.25, 0.3) is 0 Å². The first kappa shape index (κ1) is 12.7. The molecule has 1 fully saturated rings. The van der Waals surface area contributed by atoms with Gasteiger partial charge in [-0.15, -0.1) is 17.8 Å². The van der Waals surface area contributed by atoms with Crippen LogP contribution < -0.4 is 5.32 Å². The van der Waals surface area contributed by atoms with Gasteiger partial charge in [0.05, 0.1) is 13.1 Å². The van der Waals surface area contributed by atoms with E-state index in [-0.39, 0.29) is 5.91 Å². The topological polar surface area (TPSA) is 32.3 Å². The Labute approximate surface area is 118 Å². The van der Waals surface area contributed by atoms with Crippen LogP contribution in [-0.4, -0.2) is 30.4 Å². The minimum atomic E-state index is 0.0438. The van der Waals surface area contributed by atoms with E-state index in [1.54, 1.807) is 0 Å². The molecule has 1 saturated carbocycles. The second-order valence-electron chi connectivity index (χ2n) is 5.28. The largest absolute Gasteiger partial charge is 0.344 e. The molecule has 1 N–H and O–H groups in total. The average Bonchev–Trinajstić information content (AvgIpc) is 3.13. The molecule has 0 bridgehead atoms. The van der Waals surface area contributed by atoms with Crippen LogP contribution in [0.4, 0.5) is 0 Å². The van der Waals surface area contributed by atoms with Crippen molar-refractivity contribution in [2.45, 2.75) is 25.3 Å². The Morgan fingerprint density at radius 1 is 1.58 bits per heavy atom. The first-order chi connectivity index (χ1) is 9.29. The van der Waals surface area contributed by atoms with E-state index in [4.69, 9.17) is 6.42 Å². The molecule has 0 unspecified atom stereocenters. The summed E-state index contributed by atoms with van der Waals surface area (Å²) in [6.07, 6.45) is 8.82. The van der Waals surface area contributed by atoms with E-state index >= 15 is 0 Å². The monoisotopic (exact) mass is 274 g/mol. The average molecular weight is 274 g/mol. The molecule has 1 amide bonds. The number of thiophene rings is 1.